The number of aryl methyl sites for hydroxylation is 1. The van der Waals surface area contributed by atoms with Gasteiger partial charge in [-0.05, 0) is 66.7 Å². The first-order valence-electron chi connectivity index (χ1n) is 9.47. The van der Waals surface area contributed by atoms with Crippen LogP contribution >= 0.6 is 23.1 Å². The summed E-state index contributed by atoms with van der Waals surface area (Å²) in [6.07, 6.45) is -2.92. The fourth-order valence-electron chi connectivity index (χ4n) is 3.33. The van der Waals surface area contributed by atoms with E-state index in [2.05, 4.69) is 11.3 Å². The Morgan fingerprint density at radius 2 is 1.71 bits per heavy atom. The van der Waals surface area contributed by atoms with Crippen LogP contribution in [0.25, 0.3) is 11.3 Å². The summed E-state index contributed by atoms with van der Waals surface area (Å²) < 4.78 is 78.9. The molecule has 9 heteroatoms. The number of halogens is 6. The highest BCUT2D eigenvalue weighted by molar-refractivity contribution is 7.06. The van der Waals surface area contributed by atoms with Gasteiger partial charge in [0.1, 0.15) is 28.9 Å². The number of rotatable bonds is 6. The molecule has 3 rings (SSSR count). The minimum absolute atomic E-state index is 0.130. The van der Waals surface area contributed by atoms with Gasteiger partial charge in [0, 0.05) is 10.6 Å². The fourth-order valence-corrected chi connectivity index (χ4v) is 4.27. The molecule has 0 aliphatic heterocycles. The van der Waals surface area contributed by atoms with Crippen LogP contribution in [0.1, 0.15) is 40.5 Å². The Hall–Kier alpha value is -2.19. The third-order valence-electron chi connectivity index (χ3n) is 5.03. The van der Waals surface area contributed by atoms with Crippen LogP contribution in [0, 0.1) is 25.5 Å². The van der Waals surface area contributed by atoms with Crippen LogP contribution in [0.4, 0.5) is 22.0 Å². The molecule has 2 aromatic carbocycles. The molecule has 0 spiro atoms. The van der Waals surface area contributed by atoms with E-state index in [0.717, 1.165) is 41.7 Å². The van der Waals surface area contributed by atoms with Crippen molar-refractivity contribution in [2.75, 3.05) is 0 Å². The lowest BCUT2D eigenvalue weighted by Crippen LogP contribution is -2.09. The minimum Gasteiger partial charge on any atom is -0.488 e. The summed E-state index contributed by atoms with van der Waals surface area (Å²) in [7, 11) is 0. The van der Waals surface area contributed by atoms with E-state index in [0.29, 0.717) is 5.75 Å². The summed E-state index contributed by atoms with van der Waals surface area (Å²) in [6.45, 7) is 5.25. The molecule has 2 nitrogen and oxygen atoms in total. The van der Waals surface area contributed by atoms with Crippen molar-refractivity contribution in [2.45, 2.75) is 46.4 Å². The van der Waals surface area contributed by atoms with Crippen LogP contribution in [0.15, 0.2) is 24.3 Å². The van der Waals surface area contributed by atoms with E-state index in [1.165, 1.54) is 0 Å². The Morgan fingerprint density at radius 3 is 2.29 bits per heavy atom. The largest absolute Gasteiger partial charge is 0.488 e. The smallest absolute Gasteiger partial charge is 0.427 e. The molecule has 166 valence electrons. The molecule has 0 N–H and O–H groups in total. The highest BCUT2D eigenvalue weighted by Crippen LogP contribution is 2.42. The molecule has 3 aromatic rings. The predicted octanol–water partition coefficient (Wildman–Crippen LogP) is 7.91. The van der Waals surface area contributed by atoms with Gasteiger partial charge in [-0.25, -0.2) is 8.78 Å². The van der Waals surface area contributed by atoms with Gasteiger partial charge in [-0.2, -0.15) is 17.5 Å². The molecule has 0 bridgehead atoms. The van der Waals surface area contributed by atoms with Crippen molar-refractivity contribution in [3.63, 3.8) is 0 Å². The maximum atomic E-state index is 14.4. The van der Waals surface area contributed by atoms with Crippen LogP contribution in [-0.2, 0) is 19.2 Å². The maximum absolute atomic E-state index is 14.4. The summed E-state index contributed by atoms with van der Waals surface area (Å²) in [5.41, 5.74) is 1.39. The highest BCUT2D eigenvalue weighted by atomic mass is 35.5. The zero-order valence-corrected chi connectivity index (χ0v) is 18.5. The molecule has 0 saturated heterocycles. The topological polar surface area (TPSA) is 22.1 Å². The van der Waals surface area contributed by atoms with E-state index in [9.17, 15) is 22.0 Å². The first-order valence-corrected chi connectivity index (χ1v) is 10.6. The molecular weight excluding hydrogens is 457 g/mol. The molecule has 0 atom stereocenters. The highest BCUT2D eigenvalue weighted by Gasteiger charge is 2.39. The zero-order valence-electron chi connectivity index (χ0n) is 17.0. The van der Waals surface area contributed by atoms with Crippen molar-refractivity contribution in [2.24, 2.45) is 0 Å². The lowest BCUT2D eigenvalue weighted by molar-refractivity contribution is -0.135. The number of alkyl halides is 3. The van der Waals surface area contributed by atoms with Gasteiger partial charge in [0.25, 0.3) is 0 Å². The number of benzene rings is 2. The molecule has 0 radical (unpaired) electrons. The van der Waals surface area contributed by atoms with Crippen LogP contribution in [0.5, 0.6) is 5.75 Å². The van der Waals surface area contributed by atoms with Crippen molar-refractivity contribution in [1.82, 2.24) is 4.37 Å². The van der Waals surface area contributed by atoms with Gasteiger partial charge in [0.15, 0.2) is 0 Å². The second kappa shape index (κ2) is 9.12. The number of nitrogens with zero attached hydrogens (tertiary/aromatic N) is 1. The quantitative estimate of drug-likeness (QED) is 0.338. The van der Waals surface area contributed by atoms with Gasteiger partial charge in [-0.1, -0.05) is 31.0 Å². The molecule has 0 aliphatic carbocycles. The van der Waals surface area contributed by atoms with E-state index in [4.69, 9.17) is 16.3 Å². The lowest BCUT2D eigenvalue weighted by atomic mass is 9.99. The second-order valence-corrected chi connectivity index (χ2v) is 8.30. The first kappa shape index (κ1) is 23.5. The van der Waals surface area contributed by atoms with Gasteiger partial charge >= 0.3 is 6.18 Å². The van der Waals surface area contributed by atoms with E-state index in [1.807, 2.05) is 19.9 Å². The molecule has 0 fully saturated rings. The average Bonchev–Trinajstić information content (AvgIpc) is 3.08. The molecule has 31 heavy (non-hydrogen) atoms. The number of ether oxygens (including phenoxy) is 1. The van der Waals surface area contributed by atoms with Crippen molar-refractivity contribution in [1.29, 1.82) is 0 Å². The standard InChI is InChI=1S/C22H19ClF5NOS/c1-4-5-13-6-7-18(12(3)11(13)2)30-10-15-20(29-31-21(15)22(26,27)28)19-16(24)8-14(23)9-17(19)25/h6-9H,4-5,10H2,1-3H3. The van der Waals surface area contributed by atoms with Gasteiger partial charge in [-0.15, -0.1) is 0 Å². The van der Waals surface area contributed by atoms with Gasteiger partial charge in [-0.3, -0.25) is 0 Å². The van der Waals surface area contributed by atoms with E-state index < -0.39 is 46.1 Å². The number of hydrogen-bond donors (Lipinski definition) is 0. The Balaban J connectivity index is 2.04. The average molecular weight is 476 g/mol. The normalized spacial score (nSPS) is 11.8. The Bertz CT molecular complexity index is 1090. The van der Waals surface area contributed by atoms with E-state index in [1.54, 1.807) is 6.07 Å². The number of aromatic nitrogens is 1. The summed E-state index contributed by atoms with van der Waals surface area (Å²) in [5.74, 6) is -1.79. The molecule has 0 amide bonds. The molecule has 0 aliphatic rings. The van der Waals surface area contributed by atoms with Crippen molar-refractivity contribution >= 4 is 23.1 Å². The SMILES string of the molecule is CCCc1ccc(OCc2c(-c3c(F)cc(Cl)cc3F)nsc2C(F)(F)F)c(C)c1C. The zero-order chi connectivity index (χ0) is 22.9. The molecular formula is C22H19ClF5NOS. The van der Waals surface area contributed by atoms with Crippen LogP contribution in [0.2, 0.25) is 5.02 Å². The summed E-state index contributed by atoms with van der Waals surface area (Å²) in [5, 5.41) is -0.207. The minimum atomic E-state index is -4.75. The Kier molecular flexibility index (Phi) is 6.91. The molecule has 0 saturated carbocycles. The third kappa shape index (κ3) is 4.85. The van der Waals surface area contributed by atoms with Gasteiger partial charge < -0.3 is 4.74 Å². The van der Waals surface area contributed by atoms with Crippen LogP contribution in [-0.4, -0.2) is 4.37 Å². The molecule has 0 unspecified atom stereocenters. The van der Waals surface area contributed by atoms with Crippen molar-refractivity contribution < 1.29 is 26.7 Å². The number of hydrogen-bond acceptors (Lipinski definition) is 3. The lowest BCUT2D eigenvalue weighted by Gasteiger charge is -2.16. The maximum Gasteiger partial charge on any atom is 0.427 e. The third-order valence-corrected chi connectivity index (χ3v) is 6.18. The fraction of sp³-hybridized carbons (Fsp3) is 0.318. The summed E-state index contributed by atoms with van der Waals surface area (Å²) in [6, 6.07) is 5.23. The first-order chi connectivity index (χ1) is 14.5. The monoisotopic (exact) mass is 475 g/mol. The second-order valence-electron chi connectivity index (χ2n) is 7.09. The van der Waals surface area contributed by atoms with Gasteiger partial charge in [0.2, 0.25) is 0 Å². The Labute approximate surface area is 185 Å². The van der Waals surface area contributed by atoms with Crippen LogP contribution < -0.4 is 4.74 Å². The van der Waals surface area contributed by atoms with E-state index in [-0.39, 0.29) is 16.6 Å². The summed E-state index contributed by atoms with van der Waals surface area (Å²) in [4.78, 5) is -1.06. The van der Waals surface area contributed by atoms with Crippen molar-refractivity contribution in [3.8, 4) is 17.0 Å². The molecule has 1 aromatic heterocycles. The van der Waals surface area contributed by atoms with Crippen LogP contribution in [0.3, 0.4) is 0 Å². The Morgan fingerprint density at radius 1 is 1.06 bits per heavy atom. The summed E-state index contributed by atoms with van der Waals surface area (Å²) >= 11 is 5.76. The molecule has 1 heterocycles. The van der Waals surface area contributed by atoms with E-state index >= 15 is 0 Å². The predicted molar refractivity (Wildman–Crippen MR) is 112 cm³/mol. The van der Waals surface area contributed by atoms with Gasteiger partial charge in [0.05, 0.1) is 11.3 Å². The van der Waals surface area contributed by atoms with Crippen molar-refractivity contribution in [3.05, 3.63) is 68.1 Å².